The van der Waals surface area contributed by atoms with Crippen LogP contribution in [0.3, 0.4) is 0 Å². The number of fused-ring (bicyclic) bond motifs is 1. The van der Waals surface area contributed by atoms with Crippen LogP contribution in [0.25, 0.3) is 0 Å². The second-order valence-corrected chi connectivity index (χ2v) is 9.35. The average Bonchev–Trinajstić information content (AvgIpc) is 3.34. The van der Waals surface area contributed by atoms with E-state index in [1.807, 2.05) is 12.1 Å². The van der Waals surface area contributed by atoms with Crippen molar-refractivity contribution in [3.63, 3.8) is 0 Å². The van der Waals surface area contributed by atoms with Gasteiger partial charge in [0.1, 0.15) is 5.60 Å². The van der Waals surface area contributed by atoms with Gasteiger partial charge in [0.05, 0.1) is 5.69 Å². The van der Waals surface area contributed by atoms with Crippen LogP contribution in [0.5, 0.6) is 11.5 Å². The second-order valence-electron chi connectivity index (χ2n) is 9.35. The summed E-state index contributed by atoms with van der Waals surface area (Å²) in [5, 5.41) is 13.0. The van der Waals surface area contributed by atoms with E-state index < -0.39 is 5.60 Å². The third-order valence-electron chi connectivity index (χ3n) is 7.27. The Morgan fingerprint density at radius 1 is 1.10 bits per heavy atom. The second kappa shape index (κ2) is 8.27. The van der Waals surface area contributed by atoms with Crippen molar-refractivity contribution < 1.29 is 19.4 Å². The number of nitrogens with zero attached hydrogens (tertiary/aromatic N) is 2. The van der Waals surface area contributed by atoms with E-state index in [0.717, 1.165) is 68.7 Å². The molecule has 0 radical (unpaired) electrons. The normalized spacial score (nSPS) is 27.7. The number of piperazine rings is 1. The van der Waals surface area contributed by atoms with Gasteiger partial charge in [0.2, 0.25) is 6.79 Å². The number of amides is 1. The molecule has 2 heterocycles. The maximum atomic E-state index is 12.0. The summed E-state index contributed by atoms with van der Waals surface area (Å²) >= 11 is 0. The molecule has 4 aliphatic rings. The summed E-state index contributed by atoms with van der Waals surface area (Å²) in [6.07, 6.45) is 6.92. The monoisotopic (exact) mass is 415 g/mol. The summed E-state index contributed by atoms with van der Waals surface area (Å²) in [5.74, 6) is 2.35. The Hall–Kier alpha value is -1.99. The van der Waals surface area contributed by atoms with Crippen molar-refractivity contribution >= 4 is 11.6 Å². The van der Waals surface area contributed by atoms with Gasteiger partial charge in [-0.2, -0.15) is 0 Å². The van der Waals surface area contributed by atoms with E-state index in [2.05, 4.69) is 21.2 Å². The zero-order valence-electron chi connectivity index (χ0n) is 17.6. The molecule has 7 heteroatoms. The molecule has 1 aromatic rings. The zero-order valence-corrected chi connectivity index (χ0v) is 17.6. The molecule has 1 aromatic carbocycles. The first kappa shape index (κ1) is 19.9. The van der Waals surface area contributed by atoms with Crippen LogP contribution in [0.15, 0.2) is 18.2 Å². The summed E-state index contributed by atoms with van der Waals surface area (Å²) < 4.78 is 11.2. The predicted molar refractivity (Wildman–Crippen MR) is 114 cm³/mol. The van der Waals surface area contributed by atoms with Gasteiger partial charge in [0, 0.05) is 32.2 Å². The fraction of sp³-hybridized carbons (Fsp3) is 0.696. The maximum Gasteiger partial charge on any atom is 0.252 e. The number of hydrogen-bond donors (Lipinski definition) is 2. The van der Waals surface area contributed by atoms with Crippen LogP contribution in [0, 0.1) is 5.92 Å². The van der Waals surface area contributed by atoms with Gasteiger partial charge in [-0.25, -0.2) is 0 Å². The van der Waals surface area contributed by atoms with Gasteiger partial charge in [0.15, 0.2) is 11.5 Å². The average molecular weight is 416 g/mol. The summed E-state index contributed by atoms with van der Waals surface area (Å²) in [4.78, 5) is 17.0. The van der Waals surface area contributed by atoms with E-state index in [1.165, 1.54) is 19.3 Å². The molecule has 5 rings (SSSR count). The molecule has 3 fully saturated rings. The fourth-order valence-electron chi connectivity index (χ4n) is 5.00. The van der Waals surface area contributed by atoms with Crippen molar-refractivity contribution in [3.05, 3.63) is 18.2 Å². The highest BCUT2D eigenvalue weighted by Crippen LogP contribution is 2.41. The lowest BCUT2D eigenvalue weighted by molar-refractivity contribution is -0.132. The molecule has 7 nitrogen and oxygen atoms in total. The summed E-state index contributed by atoms with van der Waals surface area (Å²) in [6.45, 7) is 5.66. The van der Waals surface area contributed by atoms with Gasteiger partial charge in [-0.3, -0.25) is 9.69 Å². The van der Waals surface area contributed by atoms with Crippen molar-refractivity contribution in [2.45, 2.75) is 56.6 Å². The third kappa shape index (κ3) is 4.23. The number of benzene rings is 1. The first-order valence-electron chi connectivity index (χ1n) is 11.5. The quantitative estimate of drug-likeness (QED) is 0.742. The number of para-hydroxylation sites is 1. The van der Waals surface area contributed by atoms with Crippen LogP contribution in [0.4, 0.5) is 5.69 Å². The Balaban J connectivity index is 1.02. The number of rotatable bonds is 6. The van der Waals surface area contributed by atoms with E-state index in [9.17, 15) is 9.90 Å². The van der Waals surface area contributed by atoms with Crippen molar-refractivity contribution in [2.75, 3.05) is 44.4 Å². The van der Waals surface area contributed by atoms with Crippen LogP contribution in [0.2, 0.25) is 0 Å². The number of anilines is 1. The van der Waals surface area contributed by atoms with E-state index in [4.69, 9.17) is 9.47 Å². The third-order valence-corrected chi connectivity index (χ3v) is 7.27. The standard InChI is InChI=1S/C23H33N3O4/c27-22(23(28)9-10-23)24-18-6-4-17(5-7-18)8-11-25-12-14-26(15-13-25)19-2-1-3-20-21(19)30-16-29-20/h1-3,17-18,28H,4-16H2,(H,24,27). The Morgan fingerprint density at radius 2 is 1.87 bits per heavy atom. The molecule has 0 aromatic heterocycles. The van der Waals surface area contributed by atoms with Crippen LogP contribution < -0.4 is 19.7 Å². The zero-order chi connectivity index (χ0) is 20.6. The van der Waals surface area contributed by atoms with Crippen molar-refractivity contribution in [2.24, 2.45) is 5.92 Å². The molecular weight excluding hydrogens is 382 g/mol. The minimum absolute atomic E-state index is 0.148. The summed E-state index contributed by atoms with van der Waals surface area (Å²) in [7, 11) is 0. The van der Waals surface area contributed by atoms with Gasteiger partial charge in [0.25, 0.3) is 5.91 Å². The molecule has 0 bridgehead atoms. The molecule has 0 spiro atoms. The smallest absolute Gasteiger partial charge is 0.252 e. The summed E-state index contributed by atoms with van der Waals surface area (Å²) in [5.41, 5.74) is 0.110. The maximum absolute atomic E-state index is 12.0. The number of hydrogen-bond acceptors (Lipinski definition) is 6. The summed E-state index contributed by atoms with van der Waals surface area (Å²) in [6, 6.07) is 6.39. The van der Waals surface area contributed by atoms with Crippen molar-refractivity contribution in [1.29, 1.82) is 0 Å². The Kier molecular flexibility index (Phi) is 5.50. The van der Waals surface area contributed by atoms with E-state index in [1.54, 1.807) is 0 Å². The lowest BCUT2D eigenvalue weighted by Gasteiger charge is -2.37. The van der Waals surface area contributed by atoms with Gasteiger partial charge in [-0.1, -0.05) is 6.07 Å². The first-order chi connectivity index (χ1) is 14.6. The predicted octanol–water partition coefficient (Wildman–Crippen LogP) is 2.13. The molecule has 164 valence electrons. The molecular formula is C23H33N3O4. The number of aliphatic hydroxyl groups is 1. The van der Waals surface area contributed by atoms with Crippen LogP contribution >= 0.6 is 0 Å². The molecule has 2 aliphatic heterocycles. The van der Waals surface area contributed by atoms with Gasteiger partial charge in [-0.05, 0) is 69.5 Å². The number of carbonyl (C=O) groups excluding carboxylic acids is 1. The van der Waals surface area contributed by atoms with Crippen molar-refractivity contribution in [1.82, 2.24) is 10.2 Å². The van der Waals surface area contributed by atoms with Crippen molar-refractivity contribution in [3.8, 4) is 11.5 Å². The minimum atomic E-state index is -1.04. The van der Waals surface area contributed by atoms with E-state index in [-0.39, 0.29) is 11.9 Å². The molecule has 0 unspecified atom stereocenters. The SMILES string of the molecule is O=C(NC1CCC(CCN2CCN(c3cccc4c3OCO4)CC2)CC1)C1(O)CC1. The lowest BCUT2D eigenvalue weighted by atomic mass is 9.84. The number of nitrogens with one attached hydrogen (secondary N) is 1. The molecule has 2 N–H and O–H groups in total. The topological polar surface area (TPSA) is 74.3 Å². The molecule has 0 atom stereocenters. The van der Waals surface area contributed by atoms with Crippen LogP contribution in [-0.2, 0) is 4.79 Å². The van der Waals surface area contributed by atoms with Gasteiger partial charge < -0.3 is 24.8 Å². The highest BCUT2D eigenvalue weighted by molar-refractivity contribution is 5.87. The molecule has 30 heavy (non-hydrogen) atoms. The van der Waals surface area contributed by atoms with E-state index in [0.29, 0.717) is 19.6 Å². The van der Waals surface area contributed by atoms with Crippen LogP contribution in [0.1, 0.15) is 44.9 Å². The van der Waals surface area contributed by atoms with Gasteiger partial charge >= 0.3 is 0 Å². The lowest BCUT2D eigenvalue weighted by Crippen LogP contribution is -2.47. The molecule has 1 saturated heterocycles. The molecule has 1 amide bonds. The number of carbonyl (C=O) groups is 1. The number of ether oxygens (including phenoxy) is 2. The molecule has 2 aliphatic carbocycles. The Bertz CT molecular complexity index is 766. The van der Waals surface area contributed by atoms with Gasteiger partial charge in [-0.15, -0.1) is 0 Å². The minimum Gasteiger partial charge on any atom is -0.454 e. The highest BCUT2D eigenvalue weighted by atomic mass is 16.7. The highest BCUT2D eigenvalue weighted by Gasteiger charge is 2.48. The van der Waals surface area contributed by atoms with Crippen LogP contribution in [-0.4, -0.2) is 67.1 Å². The largest absolute Gasteiger partial charge is 0.454 e. The first-order valence-corrected chi connectivity index (χ1v) is 11.5. The Morgan fingerprint density at radius 3 is 2.60 bits per heavy atom. The van der Waals surface area contributed by atoms with E-state index >= 15 is 0 Å². The fourth-order valence-corrected chi connectivity index (χ4v) is 5.00. The molecule has 2 saturated carbocycles. The Labute approximate surface area is 178 Å².